The van der Waals surface area contributed by atoms with Gasteiger partial charge in [-0.25, -0.2) is 0 Å². The first-order valence-electron chi connectivity index (χ1n) is 5.78. The van der Waals surface area contributed by atoms with Gasteiger partial charge in [0.1, 0.15) is 11.0 Å². The van der Waals surface area contributed by atoms with Crippen LogP contribution < -0.4 is 0 Å². The normalized spacial score (nSPS) is 14.0. The van der Waals surface area contributed by atoms with Crippen molar-refractivity contribution in [2.45, 2.75) is 25.3 Å². The average Bonchev–Trinajstić information content (AvgIpc) is 3.01. The maximum Gasteiger partial charge on any atom is 0.383 e. The van der Waals surface area contributed by atoms with E-state index in [1.165, 1.54) is 0 Å². The van der Waals surface area contributed by atoms with Crippen LogP contribution in [0.2, 0.25) is 0 Å². The van der Waals surface area contributed by atoms with E-state index in [4.69, 9.17) is 11.6 Å². The van der Waals surface area contributed by atoms with E-state index in [1.807, 2.05) is 13.8 Å². The smallest absolute Gasteiger partial charge is 0.262 e. The monoisotopic (exact) mass is 396 g/mol. The summed E-state index contributed by atoms with van der Waals surface area (Å²) in [6.45, 7) is 3.72. The lowest BCUT2D eigenvalue weighted by molar-refractivity contribution is 0.0820. The highest BCUT2D eigenvalue weighted by atomic mass is 79.9. The summed E-state index contributed by atoms with van der Waals surface area (Å²) in [5.41, 5.74) is 0.831. The van der Waals surface area contributed by atoms with Crippen molar-refractivity contribution in [3.05, 3.63) is 27.2 Å². The van der Waals surface area contributed by atoms with Crippen LogP contribution in [-0.4, -0.2) is 29.6 Å². The summed E-state index contributed by atoms with van der Waals surface area (Å²) in [6.07, 6.45) is 1.81. The molecule has 0 aliphatic heterocycles. The minimum absolute atomic E-state index is 0.224. The maximum atomic E-state index is 13.2. The molecule has 0 aliphatic rings. The Labute approximate surface area is 134 Å². The number of alkyl halides is 3. The van der Waals surface area contributed by atoms with Crippen LogP contribution in [0, 0.1) is 6.92 Å². The van der Waals surface area contributed by atoms with E-state index in [9.17, 15) is 8.78 Å². The van der Waals surface area contributed by atoms with Crippen molar-refractivity contribution in [3.63, 3.8) is 0 Å². The Hall–Kier alpha value is -1.13. The zero-order valence-electron chi connectivity index (χ0n) is 10.8. The molecule has 21 heavy (non-hydrogen) atoms. The van der Waals surface area contributed by atoms with Crippen LogP contribution in [0.1, 0.15) is 29.5 Å². The Kier molecular flexibility index (Phi) is 3.49. The molecule has 0 saturated heterocycles. The Balaban J connectivity index is 2.03. The Morgan fingerprint density at radius 3 is 2.67 bits per heavy atom. The van der Waals surface area contributed by atoms with Gasteiger partial charge in [0.15, 0.2) is 0 Å². The molecular formula is C10H8BrClF2N6S. The van der Waals surface area contributed by atoms with E-state index < -0.39 is 11.2 Å². The van der Waals surface area contributed by atoms with Crippen LogP contribution in [0.25, 0.3) is 4.96 Å². The van der Waals surface area contributed by atoms with Gasteiger partial charge in [0.2, 0.25) is 10.8 Å². The number of hydrogen-bond donors (Lipinski definition) is 0. The standard InChI is InChI=1S/C10H8BrClF2N6S/c1-4-6(11)3-19(17-4)5(2)7-18-20-8(10(12,13)14)15-16-9(20)21-7/h3,5H,1-2H3. The minimum Gasteiger partial charge on any atom is -0.262 e. The maximum absolute atomic E-state index is 13.2. The molecule has 0 spiro atoms. The SMILES string of the molecule is Cc1nn(C(C)c2nn3c(C(F)(F)Cl)nnc3s2)cc1Br. The largest absolute Gasteiger partial charge is 0.383 e. The van der Waals surface area contributed by atoms with Gasteiger partial charge >= 0.3 is 5.38 Å². The molecule has 3 heterocycles. The second-order valence-electron chi connectivity index (χ2n) is 4.37. The van der Waals surface area contributed by atoms with Crippen molar-refractivity contribution < 1.29 is 8.78 Å². The highest BCUT2D eigenvalue weighted by Gasteiger charge is 2.36. The lowest BCUT2D eigenvalue weighted by Crippen LogP contribution is -2.12. The summed E-state index contributed by atoms with van der Waals surface area (Å²) < 4.78 is 29.9. The molecule has 0 aromatic carbocycles. The lowest BCUT2D eigenvalue weighted by Gasteiger charge is -2.07. The predicted octanol–water partition coefficient (Wildman–Crippen LogP) is 3.35. The molecule has 1 atom stereocenters. The van der Waals surface area contributed by atoms with Gasteiger partial charge in [0.25, 0.3) is 0 Å². The van der Waals surface area contributed by atoms with Gasteiger partial charge in [-0.15, -0.1) is 10.2 Å². The molecule has 0 bridgehead atoms. The Morgan fingerprint density at radius 1 is 1.38 bits per heavy atom. The second kappa shape index (κ2) is 4.96. The van der Waals surface area contributed by atoms with Crippen molar-refractivity contribution in [2.24, 2.45) is 0 Å². The van der Waals surface area contributed by atoms with E-state index in [0.29, 0.717) is 5.01 Å². The van der Waals surface area contributed by atoms with Crippen molar-refractivity contribution in [3.8, 4) is 0 Å². The average molecular weight is 398 g/mol. The Bertz CT molecular complexity index is 787. The molecule has 112 valence electrons. The molecule has 0 fully saturated rings. The highest BCUT2D eigenvalue weighted by molar-refractivity contribution is 9.10. The van der Waals surface area contributed by atoms with Crippen LogP contribution in [0.5, 0.6) is 0 Å². The minimum atomic E-state index is -3.61. The first-order chi connectivity index (χ1) is 9.77. The van der Waals surface area contributed by atoms with Crippen molar-refractivity contribution in [1.29, 1.82) is 0 Å². The molecule has 3 rings (SSSR count). The molecule has 0 saturated carbocycles. The van der Waals surface area contributed by atoms with Gasteiger partial charge in [0, 0.05) is 6.20 Å². The first-order valence-corrected chi connectivity index (χ1v) is 7.76. The summed E-state index contributed by atoms with van der Waals surface area (Å²) in [4.78, 5) is 0.259. The number of aromatic nitrogens is 6. The zero-order chi connectivity index (χ0) is 15.4. The quantitative estimate of drug-likeness (QED) is 0.636. The molecule has 3 aromatic heterocycles. The number of fused-ring (bicyclic) bond motifs is 1. The summed E-state index contributed by atoms with van der Waals surface area (Å²) in [5, 5.41) is 12.5. The highest BCUT2D eigenvalue weighted by Crippen LogP contribution is 2.33. The van der Waals surface area contributed by atoms with Crippen molar-refractivity contribution >= 4 is 43.8 Å². The third-order valence-electron chi connectivity index (χ3n) is 2.87. The van der Waals surface area contributed by atoms with Crippen molar-refractivity contribution in [1.82, 2.24) is 29.6 Å². The summed E-state index contributed by atoms with van der Waals surface area (Å²) in [5.74, 6) is -0.688. The van der Waals surface area contributed by atoms with E-state index in [2.05, 4.69) is 36.3 Å². The van der Waals surface area contributed by atoms with E-state index in [1.54, 1.807) is 10.9 Å². The van der Waals surface area contributed by atoms with Gasteiger partial charge < -0.3 is 0 Å². The zero-order valence-corrected chi connectivity index (χ0v) is 13.9. The number of aryl methyl sites for hydroxylation is 1. The van der Waals surface area contributed by atoms with Gasteiger partial charge in [-0.1, -0.05) is 11.3 Å². The molecule has 3 aromatic rings. The number of hydrogen-bond acceptors (Lipinski definition) is 5. The van der Waals surface area contributed by atoms with Crippen molar-refractivity contribution in [2.75, 3.05) is 0 Å². The summed E-state index contributed by atoms with van der Waals surface area (Å²) in [6, 6.07) is -0.224. The molecule has 0 amide bonds. The van der Waals surface area contributed by atoms with E-state index in [-0.39, 0.29) is 11.0 Å². The molecule has 0 aliphatic carbocycles. The molecule has 0 radical (unpaired) electrons. The fourth-order valence-electron chi connectivity index (χ4n) is 1.75. The van der Waals surface area contributed by atoms with Gasteiger partial charge in [-0.05, 0) is 41.4 Å². The molecule has 1 unspecified atom stereocenters. The number of halogens is 4. The summed E-state index contributed by atoms with van der Waals surface area (Å²) in [7, 11) is 0. The van der Waals surface area contributed by atoms with Gasteiger partial charge in [-0.2, -0.15) is 23.5 Å². The van der Waals surface area contributed by atoms with Crippen LogP contribution in [0.4, 0.5) is 8.78 Å². The molecular weight excluding hydrogens is 390 g/mol. The number of rotatable bonds is 3. The van der Waals surface area contributed by atoms with Crippen LogP contribution in [-0.2, 0) is 5.38 Å². The third-order valence-corrected chi connectivity index (χ3v) is 4.89. The number of nitrogens with zero attached hydrogens (tertiary/aromatic N) is 6. The van der Waals surface area contributed by atoms with E-state index in [0.717, 1.165) is 26.0 Å². The van der Waals surface area contributed by atoms with Gasteiger partial charge in [-0.3, -0.25) is 4.68 Å². The Morgan fingerprint density at radius 2 is 2.10 bits per heavy atom. The molecule has 6 nitrogen and oxygen atoms in total. The fourth-order valence-corrected chi connectivity index (χ4v) is 3.04. The topological polar surface area (TPSA) is 60.9 Å². The first kappa shape index (κ1) is 14.8. The molecule has 11 heteroatoms. The fraction of sp³-hybridized carbons (Fsp3) is 0.400. The summed E-state index contributed by atoms with van der Waals surface area (Å²) >= 11 is 9.53. The van der Waals surface area contributed by atoms with Crippen LogP contribution in [0.3, 0.4) is 0 Å². The second-order valence-corrected chi connectivity index (χ2v) is 6.69. The third kappa shape index (κ3) is 2.55. The lowest BCUT2D eigenvalue weighted by atomic mass is 10.4. The predicted molar refractivity (Wildman–Crippen MR) is 76.9 cm³/mol. The molecule has 0 N–H and O–H groups in total. The van der Waals surface area contributed by atoms with E-state index >= 15 is 0 Å². The van der Waals surface area contributed by atoms with Crippen LogP contribution >= 0.6 is 38.9 Å². The van der Waals surface area contributed by atoms with Crippen LogP contribution in [0.15, 0.2) is 10.7 Å². The van der Waals surface area contributed by atoms with Gasteiger partial charge in [0.05, 0.1) is 10.2 Å².